The number of nitrogen functional groups attached to an aromatic ring is 1. The quantitative estimate of drug-likeness (QED) is 0.508. The van der Waals surface area contributed by atoms with Crippen LogP contribution in [0.3, 0.4) is 0 Å². The summed E-state index contributed by atoms with van der Waals surface area (Å²) < 4.78 is 0. The molecule has 0 fully saturated rings. The second-order valence-corrected chi connectivity index (χ2v) is 4.50. The molecule has 19 heavy (non-hydrogen) atoms. The van der Waals surface area contributed by atoms with Gasteiger partial charge < -0.3 is 10.6 Å². The number of hydrogen-bond acceptors (Lipinski definition) is 4. The van der Waals surface area contributed by atoms with Gasteiger partial charge in [-0.2, -0.15) is 0 Å². The normalized spacial score (nSPS) is 13.4. The van der Waals surface area contributed by atoms with Crippen LogP contribution in [0.2, 0.25) is 0 Å². The van der Waals surface area contributed by atoms with Crippen molar-refractivity contribution < 1.29 is 4.92 Å². The molecule has 0 unspecified atom stereocenters. The molecule has 0 radical (unpaired) electrons. The summed E-state index contributed by atoms with van der Waals surface area (Å²) in [5.41, 5.74) is 8.72. The van der Waals surface area contributed by atoms with Gasteiger partial charge in [0.05, 0.1) is 4.92 Å². The third kappa shape index (κ3) is 1.79. The highest BCUT2D eigenvalue weighted by molar-refractivity contribution is 5.82. The predicted molar refractivity (Wildman–Crippen MR) is 74.7 cm³/mol. The predicted octanol–water partition coefficient (Wildman–Crippen LogP) is 2.87. The van der Waals surface area contributed by atoms with E-state index in [4.69, 9.17) is 5.73 Å². The molecular weight excluding hydrogens is 242 g/mol. The van der Waals surface area contributed by atoms with Crippen molar-refractivity contribution in [3.8, 4) is 0 Å². The van der Waals surface area contributed by atoms with Gasteiger partial charge in [-0.05, 0) is 30.2 Å². The van der Waals surface area contributed by atoms with Gasteiger partial charge in [0.15, 0.2) is 0 Å². The summed E-state index contributed by atoms with van der Waals surface area (Å²) in [6.45, 7) is 0.740. The standard InChI is InChI=1S/C14H13N3O2/c15-11-5-3-7-13(14(11)17(18)19)16-9-8-10-4-1-2-6-12(10)16/h1-7H,8-9,15H2. The highest BCUT2D eigenvalue weighted by Gasteiger charge is 2.27. The number of nitro groups is 1. The van der Waals surface area contributed by atoms with Crippen LogP contribution in [0.4, 0.5) is 22.7 Å². The maximum atomic E-state index is 11.2. The van der Waals surface area contributed by atoms with Crippen molar-refractivity contribution in [1.29, 1.82) is 0 Å². The third-order valence-electron chi connectivity index (χ3n) is 3.41. The number of fused-ring (bicyclic) bond motifs is 1. The lowest BCUT2D eigenvalue weighted by Gasteiger charge is -2.19. The first-order valence-corrected chi connectivity index (χ1v) is 6.07. The highest BCUT2D eigenvalue weighted by Crippen LogP contribution is 2.41. The monoisotopic (exact) mass is 255 g/mol. The molecule has 0 spiro atoms. The Hall–Kier alpha value is -2.56. The van der Waals surface area contributed by atoms with Crippen molar-refractivity contribution in [3.63, 3.8) is 0 Å². The molecule has 0 bridgehead atoms. The van der Waals surface area contributed by atoms with Crippen LogP contribution < -0.4 is 10.6 Å². The summed E-state index contributed by atoms with van der Waals surface area (Å²) in [6.07, 6.45) is 0.891. The largest absolute Gasteiger partial charge is 0.393 e. The van der Waals surface area contributed by atoms with E-state index in [0.717, 1.165) is 18.7 Å². The Labute approximate surface area is 110 Å². The average molecular weight is 255 g/mol. The smallest absolute Gasteiger partial charge is 0.315 e. The highest BCUT2D eigenvalue weighted by atomic mass is 16.6. The summed E-state index contributed by atoms with van der Waals surface area (Å²) in [5, 5.41) is 11.2. The van der Waals surface area contributed by atoms with Crippen molar-refractivity contribution in [1.82, 2.24) is 0 Å². The fourth-order valence-corrected chi connectivity index (χ4v) is 2.55. The Balaban J connectivity index is 2.15. The van der Waals surface area contributed by atoms with Gasteiger partial charge >= 0.3 is 5.69 Å². The first kappa shape index (κ1) is 11.5. The van der Waals surface area contributed by atoms with E-state index in [9.17, 15) is 10.1 Å². The summed E-state index contributed by atoms with van der Waals surface area (Å²) in [4.78, 5) is 12.8. The van der Waals surface area contributed by atoms with Gasteiger partial charge in [0, 0.05) is 12.2 Å². The van der Waals surface area contributed by atoms with Gasteiger partial charge in [0.25, 0.3) is 0 Å². The number of nitrogens with two attached hydrogens (primary N) is 1. The second-order valence-electron chi connectivity index (χ2n) is 4.50. The zero-order valence-electron chi connectivity index (χ0n) is 10.2. The van der Waals surface area contributed by atoms with Gasteiger partial charge in [0.2, 0.25) is 0 Å². The average Bonchev–Trinajstić information content (AvgIpc) is 2.81. The van der Waals surface area contributed by atoms with Crippen LogP contribution in [0.15, 0.2) is 42.5 Å². The Kier molecular flexibility index (Phi) is 2.59. The Morgan fingerprint density at radius 3 is 2.63 bits per heavy atom. The summed E-state index contributed by atoms with van der Waals surface area (Å²) in [6, 6.07) is 13.0. The van der Waals surface area contributed by atoms with E-state index in [-0.39, 0.29) is 11.4 Å². The topological polar surface area (TPSA) is 72.4 Å². The van der Waals surface area contributed by atoms with E-state index < -0.39 is 4.92 Å². The van der Waals surface area contributed by atoms with Crippen LogP contribution in [0.25, 0.3) is 0 Å². The van der Waals surface area contributed by atoms with E-state index in [2.05, 4.69) is 0 Å². The molecule has 0 saturated carbocycles. The molecule has 1 aliphatic heterocycles. The van der Waals surface area contributed by atoms with E-state index >= 15 is 0 Å². The lowest BCUT2D eigenvalue weighted by molar-refractivity contribution is -0.383. The van der Waals surface area contributed by atoms with Gasteiger partial charge in [-0.25, -0.2) is 0 Å². The molecule has 0 saturated heterocycles. The molecule has 3 rings (SSSR count). The number of hydrogen-bond donors (Lipinski definition) is 1. The molecule has 0 amide bonds. The maximum Gasteiger partial charge on any atom is 0.315 e. The molecule has 2 aromatic rings. The summed E-state index contributed by atoms with van der Waals surface area (Å²) >= 11 is 0. The van der Waals surface area contributed by atoms with E-state index in [1.165, 1.54) is 5.56 Å². The number of para-hydroxylation sites is 2. The fourth-order valence-electron chi connectivity index (χ4n) is 2.55. The first-order chi connectivity index (χ1) is 9.18. The van der Waals surface area contributed by atoms with E-state index in [1.807, 2.05) is 29.2 Å². The van der Waals surface area contributed by atoms with E-state index in [1.54, 1.807) is 18.2 Å². The molecule has 2 aromatic carbocycles. The minimum Gasteiger partial charge on any atom is -0.393 e. The van der Waals surface area contributed by atoms with Crippen molar-refractivity contribution in [2.24, 2.45) is 0 Å². The number of nitro benzene ring substituents is 1. The molecule has 2 N–H and O–H groups in total. The zero-order valence-corrected chi connectivity index (χ0v) is 10.2. The fraction of sp³-hybridized carbons (Fsp3) is 0.143. The molecule has 0 atom stereocenters. The number of nitrogens with zero attached hydrogens (tertiary/aromatic N) is 2. The van der Waals surface area contributed by atoms with Crippen molar-refractivity contribution >= 4 is 22.7 Å². The molecule has 1 aliphatic rings. The molecule has 5 heteroatoms. The maximum absolute atomic E-state index is 11.2. The molecule has 96 valence electrons. The SMILES string of the molecule is Nc1cccc(N2CCc3ccccc32)c1[N+](=O)[O-]. The summed E-state index contributed by atoms with van der Waals surface area (Å²) in [5.74, 6) is 0. The first-order valence-electron chi connectivity index (χ1n) is 6.07. The van der Waals surface area contributed by atoms with Gasteiger partial charge in [-0.1, -0.05) is 24.3 Å². The second kappa shape index (κ2) is 4.28. The number of rotatable bonds is 2. The van der Waals surface area contributed by atoms with Crippen LogP contribution >= 0.6 is 0 Å². The van der Waals surface area contributed by atoms with Crippen LogP contribution in [0.1, 0.15) is 5.56 Å². The summed E-state index contributed by atoms with van der Waals surface area (Å²) in [7, 11) is 0. The zero-order chi connectivity index (χ0) is 13.4. The minimum absolute atomic E-state index is 0.0146. The van der Waals surface area contributed by atoms with Crippen molar-refractivity contribution in [3.05, 3.63) is 58.1 Å². The molecular formula is C14H13N3O2. The van der Waals surface area contributed by atoms with Crippen molar-refractivity contribution in [2.45, 2.75) is 6.42 Å². The van der Waals surface area contributed by atoms with Crippen LogP contribution in [-0.4, -0.2) is 11.5 Å². The molecule has 1 heterocycles. The molecule has 0 aliphatic carbocycles. The number of benzene rings is 2. The number of anilines is 3. The van der Waals surface area contributed by atoms with Gasteiger partial charge in [-0.3, -0.25) is 10.1 Å². The van der Waals surface area contributed by atoms with Gasteiger partial charge in [0.1, 0.15) is 11.4 Å². The molecule has 5 nitrogen and oxygen atoms in total. The lowest BCUT2D eigenvalue weighted by atomic mass is 10.1. The Morgan fingerprint density at radius 1 is 1.11 bits per heavy atom. The van der Waals surface area contributed by atoms with Crippen molar-refractivity contribution in [2.75, 3.05) is 17.2 Å². The van der Waals surface area contributed by atoms with Crippen LogP contribution in [0, 0.1) is 10.1 Å². The Morgan fingerprint density at radius 2 is 1.84 bits per heavy atom. The van der Waals surface area contributed by atoms with Crippen LogP contribution in [0.5, 0.6) is 0 Å². The molecule has 0 aromatic heterocycles. The van der Waals surface area contributed by atoms with E-state index in [0.29, 0.717) is 5.69 Å². The lowest BCUT2D eigenvalue weighted by Crippen LogP contribution is -2.15. The minimum atomic E-state index is -0.411. The van der Waals surface area contributed by atoms with Crippen LogP contribution in [-0.2, 0) is 6.42 Å². The third-order valence-corrected chi connectivity index (χ3v) is 3.41. The Bertz CT molecular complexity index is 655. The van der Waals surface area contributed by atoms with Gasteiger partial charge in [-0.15, -0.1) is 0 Å².